The summed E-state index contributed by atoms with van der Waals surface area (Å²) < 4.78 is 0. The van der Waals surface area contributed by atoms with Gasteiger partial charge in [0.1, 0.15) is 15.7 Å². The van der Waals surface area contributed by atoms with Gasteiger partial charge < -0.3 is 5.32 Å². The number of nitrogens with zero attached hydrogens (tertiary/aromatic N) is 1. The first-order chi connectivity index (χ1) is 8.20. The molecule has 2 rings (SSSR count). The molecule has 6 heteroatoms. The molecule has 0 aromatic heterocycles. The minimum absolute atomic E-state index is 0.624. The van der Waals surface area contributed by atoms with Crippen molar-refractivity contribution in [1.82, 2.24) is 16.0 Å². The van der Waals surface area contributed by atoms with Crippen LogP contribution in [-0.2, 0) is 0 Å². The zero-order chi connectivity index (χ0) is 12.3. The van der Waals surface area contributed by atoms with Crippen LogP contribution < -0.4 is 16.2 Å². The highest BCUT2D eigenvalue weighted by molar-refractivity contribution is 7.85. The van der Waals surface area contributed by atoms with Crippen LogP contribution in [0.5, 0.6) is 0 Å². The Labute approximate surface area is 111 Å². The summed E-state index contributed by atoms with van der Waals surface area (Å²) in [7, 11) is 0. The van der Waals surface area contributed by atoms with Crippen molar-refractivity contribution in [1.29, 1.82) is 0 Å². The zero-order valence-electron chi connectivity index (χ0n) is 9.40. The van der Waals surface area contributed by atoms with Crippen molar-refractivity contribution in [3.63, 3.8) is 0 Å². The molecule has 3 N–H and O–H groups in total. The van der Waals surface area contributed by atoms with Crippen molar-refractivity contribution in [2.24, 2.45) is 0 Å². The molecule has 1 aromatic rings. The fourth-order valence-corrected chi connectivity index (χ4v) is 2.06. The molecule has 0 aliphatic carbocycles. The van der Waals surface area contributed by atoms with Gasteiger partial charge in [-0.3, -0.25) is 10.9 Å². The van der Waals surface area contributed by atoms with Crippen molar-refractivity contribution < 1.29 is 0 Å². The highest BCUT2D eigenvalue weighted by atomic mass is 32.1. The van der Waals surface area contributed by atoms with E-state index in [4.69, 9.17) is 12.2 Å². The predicted molar refractivity (Wildman–Crippen MR) is 77.3 cm³/mol. The van der Waals surface area contributed by atoms with Crippen LogP contribution in [0.15, 0.2) is 41.1 Å². The first-order valence-electron chi connectivity index (χ1n) is 5.31. The Morgan fingerprint density at radius 1 is 1.29 bits per heavy atom. The SMILES string of the molecule is CCN1NC(=S)C(Nc2ccccc2)=C(S)N1. The number of para-hydroxylation sites is 1. The van der Waals surface area contributed by atoms with E-state index >= 15 is 0 Å². The first-order valence-corrected chi connectivity index (χ1v) is 6.16. The predicted octanol–water partition coefficient (Wildman–Crippen LogP) is 1.87. The number of hydrogen-bond acceptors (Lipinski definition) is 5. The van der Waals surface area contributed by atoms with Crippen LogP contribution in [0.3, 0.4) is 0 Å². The lowest BCUT2D eigenvalue weighted by Gasteiger charge is -2.31. The second-order valence-corrected chi connectivity index (χ2v) is 4.37. The summed E-state index contributed by atoms with van der Waals surface area (Å²) in [6.07, 6.45) is 0. The number of hydrazine groups is 2. The Morgan fingerprint density at radius 2 is 2.00 bits per heavy atom. The van der Waals surface area contributed by atoms with Gasteiger partial charge >= 0.3 is 0 Å². The maximum Gasteiger partial charge on any atom is 0.141 e. The number of nitrogens with one attached hydrogen (secondary N) is 3. The maximum absolute atomic E-state index is 5.28. The molecule has 0 radical (unpaired) electrons. The van der Waals surface area contributed by atoms with Crippen molar-refractivity contribution in [2.45, 2.75) is 6.92 Å². The Kier molecular flexibility index (Phi) is 3.88. The first kappa shape index (κ1) is 12.2. The molecule has 4 nitrogen and oxygen atoms in total. The number of anilines is 1. The lowest BCUT2D eigenvalue weighted by Crippen LogP contribution is -2.54. The Bertz CT molecular complexity index is 444. The Morgan fingerprint density at radius 3 is 2.59 bits per heavy atom. The van der Waals surface area contributed by atoms with Crippen LogP contribution in [0.2, 0.25) is 0 Å². The van der Waals surface area contributed by atoms with Crippen LogP contribution >= 0.6 is 24.8 Å². The summed E-state index contributed by atoms with van der Waals surface area (Å²) in [5, 5.41) is 5.72. The highest BCUT2D eigenvalue weighted by Gasteiger charge is 2.19. The molecule has 1 aromatic carbocycles. The minimum atomic E-state index is 0.624. The van der Waals surface area contributed by atoms with E-state index < -0.39 is 0 Å². The fraction of sp³-hybridized carbons (Fsp3) is 0.182. The van der Waals surface area contributed by atoms with Gasteiger partial charge in [-0.25, -0.2) is 0 Å². The monoisotopic (exact) mass is 266 g/mol. The second kappa shape index (κ2) is 5.39. The topological polar surface area (TPSA) is 39.3 Å². The van der Waals surface area contributed by atoms with Crippen molar-refractivity contribution in [2.75, 3.05) is 11.9 Å². The van der Waals surface area contributed by atoms with Crippen molar-refractivity contribution >= 4 is 35.5 Å². The molecule has 0 bridgehead atoms. The van der Waals surface area contributed by atoms with Crippen molar-refractivity contribution in [3.05, 3.63) is 41.1 Å². The van der Waals surface area contributed by atoms with Crippen LogP contribution in [0, 0.1) is 0 Å². The number of thiocarbonyl (C=S) groups is 1. The van der Waals surface area contributed by atoms with Gasteiger partial charge in [-0.05, 0) is 19.1 Å². The molecule has 0 saturated heterocycles. The van der Waals surface area contributed by atoms with Gasteiger partial charge in [0, 0.05) is 12.2 Å². The highest BCUT2D eigenvalue weighted by Crippen LogP contribution is 2.16. The molecule has 0 amide bonds. The van der Waals surface area contributed by atoms with E-state index in [0.29, 0.717) is 10.0 Å². The van der Waals surface area contributed by atoms with E-state index in [1.165, 1.54) is 0 Å². The van der Waals surface area contributed by atoms with Gasteiger partial charge in [0.05, 0.1) is 0 Å². The number of benzene rings is 1. The van der Waals surface area contributed by atoms with E-state index in [1.807, 2.05) is 37.3 Å². The fourth-order valence-electron chi connectivity index (χ4n) is 1.44. The van der Waals surface area contributed by atoms with Gasteiger partial charge in [-0.15, -0.1) is 17.7 Å². The van der Waals surface area contributed by atoms with E-state index in [2.05, 4.69) is 28.8 Å². The summed E-state index contributed by atoms with van der Waals surface area (Å²) in [6.45, 7) is 2.79. The Balaban J connectivity index is 2.18. The van der Waals surface area contributed by atoms with Crippen LogP contribution in [0.4, 0.5) is 5.69 Å². The number of rotatable bonds is 3. The number of hydrogen-bond donors (Lipinski definition) is 4. The van der Waals surface area contributed by atoms with E-state index in [0.717, 1.165) is 17.9 Å². The molecule has 90 valence electrons. The zero-order valence-corrected chi connectivity index (χ0v) is 11.1. The molecule has 0 fully saturated rings. The van der Waals surface area contributed by atoms with Crippen LogP contribution in [-0.4, -0.2) is 16.7 Å². The standard InChI is InChI=1S/C11H14N4S2/c1-2-15-13-10(16)9(11(17)14-15)12-8-6-4-3-5-7-8/h3-7,12-13,16H,2H2,1H3,(H,14,17). The molecular weight excluding hydrogens is 252 g/mol. The number of thiol groups is 1. The van der Waals surface area contributed by atoms with E-state index in [-0.39, 0.29) is 0 Å². The molecule has 0 saturated carbocycles. The summed E-state index contributed by atoms with van der Waals surface area (Å²) in [6, 6.07) is 9.85. The lowest BCUT2D eigenvalue weighted by atomic mass is 10.3. The quantitative estimate of drug-likeness (QED) is 0.497. The largest absolute Gasteiger partial charge is 0.351 e. The molecule has 0 atom stereocenters. The smallest absolute Gasteiger partial charge is 0.141 e. The molecule has 1 aliphatic heterocycles. The maximum atomic E-state index is 5.28. The van der Waals surface area contributed by atoms with E-state index in [9.17, 15) is 0 Å². The lowest BCUT2D eigenvalue weighted by molar-refractivity contribution is 0.187. The van der Waals surface area contributed by atoms with Gasteiger partial charge in [-0.2, -0.15) is 0 Å². The van der Waals surface area contributed by atoms with Gasteiger partial charge in [0.25, 0.3) is 0 Å². The molecular formula is C11H14N4S2. The molecule has 0 spiro atoms. The summed E-state index contributed by atoms with van der Waals surface area (Å²) in [4.78, 5) is 0.624. The molecule has 0 unspecified atom stereocenters. The summed E-state index contributed by atoms with van der Waals surface area (Å²) in [5.41, 5.74) is 7.89. The van der Waals surface area contributed by atoms with Crippen LogP contribution in [0.25, 0.3) is 0 Å². The van der Waals surface area contributed by atoms with Gasteiger partial charge in [-0.1, -0.05) is 30.4 Å². The van der Waals surface area contributed by atoms with E-state index in [1.54, 1.807) is 5.12 Å². The average Bonchev–Trinajstić information content (AvgIpc) is 2.35. The molecule has 1 aliphatic rings. The molecule has 1 heterocycles. The third-order valence-corrected chi connectivity index (χ3v) is 2.92. The molecule has 17 heavy (non-hydrogen) atoms. The normalized spacial score (nSPS) is 16.5. The van der Waals surface area contributed by atoms with Crippen LogP contribution in [0.1, 0.15) is 6.92 Å². The van der Waals surface area contributed by atoms with Gasteiger partial charge in [0.15, 0.2) is 0 Å². The Hall–Kier alpha value is -1.24. The average molecular weight is 266 g/mol. The minimum Gasteiger partial charge on any atom is -0.351 e. The second-order valence-electron chi connectivity index (χ2n) is 3.51. The summed E-state index contributed by atoms with van der Waals surface area (Å²) in [5.74, 6) is 0. The third-order valence-electron chi connectivity index (χ3n) is 2.30. The summed E-state index contributed by atoms with van der Waals surface area (Å²) >= 11 is 9.68. The van der Waals surface area contributed by atoms with Crippen molar-refractivity contribution in [3.8, 4) is 0 Å². The third kappa shape index (κ3) is 2.91. The van der Waals surface area contributed by atoms with Gasteiger partial charge in [0.2, 0.25) is 0 Å².